The molecule has 0 fully saturated rings. The van der Waals surface area contributed by atoms with Crippen LogP contribution in [0, 0.1) is 0 Å². The van der Waals surface area contributed by atoms with Crippen LogP contribution in [0.4, 0.5) is 0 Å². The number of aromatic nitrogens is 4. The molecular formula is C7H3BrN4O2. The van der Waals surface area contributed by atoms with E-state index in [2.05, 4.69) is 35.9 Å². The fourth-order valence-electron chi connectivity index (χ4n) is 0.914. The van der Waals surface area contributed by atoms with Crippen molar-refractivity contribution in [1.82, 2.24) is 19.9 Å². The van der Waals surface area contributed by atoms with E-state index < -0.39 is 5.97 Å². The molecule has 0 aromatic carbocycles. The van der Waals surface area contributed by atoms with Gasteiger partial charge < -0.3 is 5.11 Å². The lowest BCUT2D eigenvalue weighted by Crippen LogP contribution is -2.02. The third-order valence-corrected chi connectivity index (χ3v) is 2.10. The Labute approximate surface area is 86.2 Å². The van der Waals surface area contributed by atoms with Crippen molar-refractivity contribution in [3.8, 4) is 0 Å². The van der Waals surface area contributed by atoms with E-state index in [1.165, 1.54) is 6.33 Å². The van der Waals surface area contributed by atoms with Crippen molar-refractivity contribution in [2.45, 2.75) is 0 Å². The SMILES string of the molecule is O=C(O)c1cnc2ncnc(Br)c2n1. The van der Waals surface area contributed by atoms with Crippen LogP contribution in [-0.2, 0) is 0 Å². The average Bonchev–Trinajstić information content (AvgIpc) is 2.18. The third-order valence-electron chi connectivity index (χ3n) is 1.52. The van der Waals surface area contributed by atoms with E-state index in [0.29, 0.717) is 15.8 Å². The first-order chi connectivity index (χ1) is 6.68. The van der Waals surface area contributed by atoms with Crippen LogP contribution in [0.5, 0.6) is 0 Å². The minimum absolute atomic E-state index is 0.131. The second-order valence-corrected chi connectivity index (χ2v) is 3.15. The standard InChI is InChI=1S/C7H3BrN4O2/c8-5-4-6(11-2-10-5)9-1-3(12-4)7(13)14/h1-2H,(H,13,14). The van der Waals surface area contributed by atoms with E-state index in [4.69, 9.17) is 5.11 Å². The van der Waals surface area contributed by atoms with Crippen molar-refractivity contribution in [3.05, 3.63) is 22.8 Å². The maximum atomic E-state index is 10.6. The minimum Gasteiger partial charge on any atom is -0.476 e. The van der Waals surface area contributed by atoms with Crippen LogP contribution in [0.3, 0.4) is 0 Å². The number of halogens is 1. The summed E-state index contributed by atoms with van der Waals surface area (Å²) in [4.78, 5) is 25.9. The second kappa shape index (κ2) is 3.26. The molecule has 1 N–H and O–H groups in total. The van der Waals surface area contributed by atoms with Gasteiger partial charge in [-0.15, -0.1) is 0 Å². The van der Waals surface area contributed by atoms with Gasteiger partial charge in [-0.2, -0.15) is 0 Å². The molecule has 70 valence electrons. The summed E-state index contributed by atoms with van der Waals surface area (Å²) >= 11 is 3.13. The summed E-state index contributed by atoms with van der Waals surface area (Å²) < 4.78 is 0.429. The molecule has 0 aliphatic rings. The molecule has 2 aromatic rings. The van der Waals surface area contributed by atoms with Gasteiger partial charge in [-0.25, -0.2) is 24.7 Å². The van der Waals surface area contributed by atoms with Crippen LogP contribution >= 0.6 is 15.9 Å². The van der Waals surface area contributed by atoms with Gasteiger partial charge in [0.05, 0.1) is 6.20 Å². The molecule has 2 rings (SSSR count). The first-order valence-corrected chi connectivity index (χ1v) is 4.34. The monoisotopic (exact) mass is 254 g/mol. The molecule has 0 bridgehead atoms. The molecule has 0 aliphatic carbocycles. The molecule has 0 unspecified atom stereocenters. The highest BCUT2D eigenvalue weighted by Gasteiger charge is 2.09. The fraction of sp³-hybridized carbons (Fsp3) is 0. The van der Waals surface area contributed by atoms with Gasteiger partial charge >= 0.3 is 5.97 Å². The van der Waals surface area contributed by atoms with E-state index in [9.17, 15) is 4.79 Å². The zero-order chi connectivity index (χ0) is 10.1. The first kappa shape index (κ1) is 8.95. The van der Waals surface area contributed by atoms with Crippen LogP contribution < -0.4 is 0 Å². The first-order valence-electron chi connectivity index (χ1n) is 3.55. The van der Waals surface area contributed by atoms with Crippen molar-refractivity contribution in [1.29, 1.82) is 0 Å². The highest BCUT2D eigenvalue weighted by atomic mass is 79.9. The molecular weight excluding hydrogens is 252 g/mol. The summed E-state index contributed by atoms with van der Waals surface area (Å²) in [6, 6.07) is 0. The summed E-state index contributed by atoms with van der Waals surface area (Å²) in [6.45, 7) is 0. The number of carboxylic acids is 1. The molecule has 6 nitrogen and oxygen atoms in total. The van der Waals surface area contributed by atoms with Gasteiger partial charge in [-0.3, -0.25) is 0 Å². The number of rotatable bonds is 1. The van der Waals surface area contributed by atoms with Crippen LogP contribution in [0.1, 0.15) is 10.5 Å². The molecule has 2 heterocycles. The normalized spacial score (nSPS) is 10.4. The molecule has 14 heavy (non-hydrogen) atoms. The summed E-state index contributed by atoms with van der Waals surface area (Å²) in [5, 5.41) is 8.68. The number of hydrogen-bond donors (Lipinski definition) is 1. The smallest absolute Gasteiger partial charge is 0.356 e. The molecule has 0 atom stereocenters. The van der Waals surface area contributed by atoms with Crippen molar-refractivity contribution in [2.75, 3.05) is 0 Å². The number of carboxylic acid groups (broad SMARTS) is 1. The van der Waals surface area contributed by atoms with Crippen LogP contribution in [0.25, 0.3) is 11.2 Å². The predicted molar refractivity (Wildman–Crippen MR) is 49.8 cm³/mol. The van der Waals surface area contributed by atoms with Crippen LogP contribution in [0.2, 0.25) is 0 Å². The van der Waals surface area contributed by atoms with Gasteiger partial charge in [-0.05, 0) is 15.9 Å². The molecule has 0 amide bonds. The third kappa shape index (κ3) is 1.41. The Kier molecular flexibility index (Phi) is 2.08. The van der Waals surface area contributed by atoms with Gasteiger partial charge in [0.1, 0.15) is 16.4 Å². The Morgan fingerprint density at radius 3 is 2.86 bits per heavy atom. The highest BCUT2D eigenvalue weighted by Crippen LogP contribution is 2.15. The van der Waals surface area contributed by atoms with Gasteiger partial charge in [0, 0.05) is 0 Å². The van der Waals surface area contributed by atoms with Gasteiger partial charge in [0.25, 0.3) is 0 Å². The second-order valence-electron chi connectivity index (χ2n) is 2.40. The van der Waals surface area contributed by atoms with E-state index in [0.717, 1.165) is 6.20 Å². The van der Waals surface area contributed by atoms with E-state index in [1.54, 1.807) is 0 Å². The summed E-state index contributed by atoms with van der Waals surface area (Å²) in [5.74, 6) is -1.13. The van der Waals surface area contributed by atoms with Gasteiger partial charge in [0.2, 0.25) is 0 Å². The number of nitrogens with zero attached hydrogens (tertiary/aromatic N) is 4. The zero-order valence-electron chi connectivity index (χ0n) is 6.68. The molecule has 7 heteroatoms. The quantitative estimate of drug-likeness (QED) is 0.761. The van der Waals surface area contributed by atoms with E-state index >= 15 is 0 Å². The van der Waals surface area contributed by atoms with Gasteiger partial charge in [-0.1, -0.05) is 0 Å². The molecule has 2 aromatic heterocycles. The van der Waals surface area contributed by atoms with Crippen molar-refractivity contribution >= 4 is 33.1 Å². The Bertz CT molecular complexity index is 516. The summed E-state index contributed by atoms with van der Waals surface area (Å²) in [6.07, 6.45) is 2.48. The summed E-state index contributed by atoms with van der Waals surface area (Å²) in [5.41, 5.74) is 0.567. The largest absolute Gasteiger partial charge is 0.476 e. The highest BCUT2D eigenvalue weighted by molar-refractivity contribution is 9.10. The van der Waals surface area contributed by atoms with E-state index in [-0.39, 0.29) is 5.69 Å². The molecule has 0 aliphatic heterocycles. The average molecular weight is 255 g/mol. The van der Waals surface area contributed by atoms with Gasteiger partial charge in [0.15, 0.2) is 11.3 Å². The molecule has 0 saturated heterocycles. The Balaban J connectivity index is 2.76. The Morgan fingerprint density at radius 2 is 2.14 bits per heavy atom. The lowest BCUT2D eigenvalue weighted by Gasteiger charge is -1.97. The summed E-state index contributed by atoms with van der Waals surface area (Å²) in [7, 11) is 0. The lowest BCUT2D eigenvalue weighted by molar-refractivity contribution is 0.0690. The fourth-order valence-corrected chi connectivity index (χ4v) is 1.27. The number of hydrogen-bond acceptors (Lipinski definition) is 5. The molecule has 0 saturated carbocycles. The van der Waals surface area contributed by atoms with Crippen LogP contribution in [0.15, 0.2) is 17.1 Å². The van der Waals surface area contributed by atoms with Crippen LogP contribution in [-0.4, -0.2) is 31.0 Å². The Hall–Kier alpha value is -1.63. The molecule has 0 radical (unpaired) electrons. The number of carbonyl (C=O) groups is 1. The maximum Gasteiger partial charge on any atom is 0.356 e. The topological polar surface area (TPSA) is 88.9 Å². The Morgan fingerprint density at radius 1 is 1.36 bits per heavy atom. The van der Waals surface area contributed by atoms with Crippen molar-refractivity contribution in [3.63, 3.8) is 0 Å². The van der Waals surface area contributed by atoms with E-state index in [1.807, 2.05) is 0 Å². The zero-order valence-corrected chi connectivity index (χ0v) is 8.26. The molecule has 0 spiro atoms. The minimum atomic E-state index is -1.13. The van der Waals surface area contributed by atoms with Crippen molar-refractivity contribution < 1.29 is 9.90 Å². The maximum absolute atomic E-state index is 10.6. The predicted octanol–water partition coefficient (Wildman–Crippen LogP) is 0.880. The van der Waals surface area contributed by atoms with Crippen molar-refractivity contribution in [2.24, 2.45) is 0 Å². The lowest BCUT2D eigenvalue weighted by atomic mass is 10.4. The number of aromatic carboxylic acids is 1. The number of fused-ring (bicyclic) bond motifs is 1.